The summed E-state index contributed by atoms with van der Waals surface area (Å²) in [5, 5.41) is 2.85. The number of rotatable bonds is 3. The van der Waals surface area contributed by atoms with Crippen LogP contribution in [0.4, 0.5) is 0 Å². The lowest BCUT2D eigenvalue weighted by Crippen LogP contribution is -1.95. The number of fused-ring (bicyclic) bond motifs is 1. The molecule has 0 aromatic heterocycles. The molecule has 0 fully saturated rings. The van der Waals surface area contributed by atoms with Gasteiger partial charge in [-0.1, -0.05) is 41.4 Å². The second-order valence-electron chi connectivity index (χ2n) is 4.18. The first-order valence-corrected chi connectivity index (χ1v) is 5.99. The number of allylic oxidation sites excluding steroid dienone is 1. The zero-order valence-electron chi connectivity index (χ0n) is 10.0. The highest BCUT2D eigenvalue weighted by Crippen LogP contribution is 2.31. The standard InChI is InChI=1S/C15H15ClO/c1-11(2)9-10-17-15-8-7-14(16)12-5-3-4-6-13(12)15/h3-9H,10H2,1-2H3. The maximum absolute atomic E-state index is 6.15. The lowest BCUT2D eigenvalue weighted by molar-refractivity contribution is 0.366. The summed E-state index contributed by atoms with van der Waals surface area (Å²) in [4.78, 5) is 0. The molecular formula is C15H15ClO. The molecule has 0 heterocycles. The first-order valence-electron chi connectivity index (χ1n) is 5.62. The third kappa shape index (κ3) is 2.80. The molecule has 0 atom stereocenters. The SMILES string of the molecule is CC(C)=CCOc1ccc(Cl)c2ccccc12. The van der Waals surface area contributed by atoms with E-state index in [-0.39, 0.29) is 0 Å². The Morgan fingerprint density at radius 1 is 1.12 bits per heavy atom. The molecule has 0 N–H and O–H groups in total. The minimum absolute atomic E-state index is 0.591. The molecule has 0 saturated heterocycles. The Hall–Kier alpha value is -1.47. The van der Waals surface area contributed by atoms with Gasteiger partial charge in [-0.15, -0.1) is 0 Å². The molecule has 0 unspecified atom stereocenters. The number of hydrogen-bond donors (Lipinski definition) is 0. The summed E-state index contributed by atoms with van der Waals surface area (Å²) >= 11 is 6.15. The van der Waals surface area contributed by atoms with Crippen LogP contribution in [-0.4, -0.2) is 6.61 Å². The highest BCUT2D eigenvalue weighted by atomic mass is 35.5. The molecule has 0 amide bonds. The van der Waals surface area contributed by atoms with E-state index < -0.39 is 0 Å². The van der Waals surface area contributed by atoms with Crippen LogP contribution in [0.15, 0.2) is 48.0 Å². The smallest absolute Gasteiger partial charge is 0.127 e. The normalized spacial score (nSPS) is 10.3. The van der Waals surface area contributed by atoms with Crippen LogP contribution < -0.4 is 4.74 Å². The van der Waals surface area contributed by atoms with Crippen molar-refractivity contribution in [3.63, 3.8) is 0 Å². The molecule has 0 bridgehead atoms. The Labute approximate surface area is 107 Å². The highest BCUT2D eigenvalue weighted by molar-refractivity contribution is 6.35. The lowest BCUT2D eigenvalue weighted by Gasteiger charge is -2.08. The molecule has 0 spiro atoms. The fraction of sp³-hybridized carbons (Fsp3) is 0.200. The molecule has 1 nitrogen and oxygen atoms in total. The second kappa shape index (κ2) is 5.24. The van der Waals surface area contributed by atoms with Gasteiger partial charge in [0.15, 0.2) is 0 Å². The van der Waals surface area contributed by atoms with E-state index >= 15 is 0 Å². The van der Waals surface area contributed by atoms with Gasteiger partial charge in [0.1, 0.15) is 12.4 Å². The summed E-state index contributed by atoms with van der Waals surface area (Å²) < 4.78 is 5.75. The van der Waals surface area contributed by atoms with Crippen molar-refractivity contribution in [2.24, 2.45) is 0 Å². The van der Waals surface area contributed by atoms with Gasteiger partial charge in [-0.25, -0.2) is 0 Å². The van der Waals surface area contributed by atoms with Gasteiger partial charge < -0.3 is 4.74 Å². The summed E-state index contributed by atoms with van der Waals surface area (Å²) in [5.74, 6) is 0.877. The Kier molecular flexibility index (Phi) is 3.70. The predicted molar refractivity (Wildman–Crippen MR) is 73.9 cm³/mol. The summed E-state index contributed by atoms with van der Waals surface area (Å²) in [6.07, 6.45) is 2.06. The van der Waals surface area contributed by atoms with Crippen molar-refractivity contribution in [2.45, 2.75) is 13.8 Å². The third-order valence-electron chi connectivity index (χ3n) is 2.56. The van der Waals surface area contributed by atoms with Gasteiger partial charge in [0.2, 0.25) is 0 Å². The van der Waals surface area contributed by atoms with E-state index in [0.717, 1.165) is 21.5 Å². The lowest BCUT2D eigenvalue weighted by atomic mass is 10.1. The Morgan fingerprint density at radius 3 is 2.53 bits per heavy atom. The molecule has 2 aromatic carbocycles. The number of ether oxygens (including phenoxy) is 1. The quantitative estimate of drug-likeness (QED) is 0.705. The van der Waals surface area contributed by atoms with E-state index in [9.17, 15) is 0 Å². The van der Waals surface area contributed by atoms with E-state index in [2.05, 4.69) is 19.9 Å². The predicted octanol–water partition coefficient (Wildman–Crippen LogP) is 4.84. The van der Waals surface area contributed by atoms with Gasteiger partial charge in [-0.2, -0.15) is 0 Å². The zero-order valence-corrected chi connectivity index (χ0v) is 10.8. The van der Waals surface area contributed by atoms with Crippen LogP contribution in [0.5, 0.6) is 5.75 Å². The van der Waals surface area contributed by atoms with Crippen LogP contribution in [0.3, 0.4) is 0 Å². The van der Waals surface area contributed by atoms with E-state index in [1.54, 1.807) is 0 Å². The average molecular weight is 247 g/mol. The summed E-state index contributed by atoms with van der Waals surface area (Å²) in [5.41, 5.74) is 1.25. The second-order valence-corrected chi connectivity index (χ2v) is 4.59. The summed E-state index contributed by atoms with van der Waals surface area (Å²) in [6.45, 7) is 4.71. The van der Waals surface area contributed by atoms with Gasteiger partial charge in [-0.3, -0.25) is 0 Å². The molecule has 88 valence electrons. The Balaban J connectivity index is 2.35. The molecule has 0 saturated carbocycles. The molecule has 0 aliphatic heterocycles. The average Bonchev–Trinajstić information content (AvgIpc) is 2.32. The minimum atomic E-state index is 0.591. The fourth-order valence-electron chi connectivity index (χ4n) is 1.66. The first kappa shape index (κ1) is 12.0. The largest absolute Gasteiger partial charge is 0.489 e. The van der Waals surface area contributed by atoms with Gasteiger partial charge in [0.25, 0.3) is 0 Å². The summed E-state index contributed by atoms with van der Waals surface area (Å²) in [6, 6.07) is 11.8. The van der Waals surface area contributed by atoms with Gasteiger partial charge in [0.05, 0.1) is 0 Å². The van der Waals surface area contributed by atoms with Crippen LogP contribution in [0.1, 0.15) is 13.8 Å². The molecular weight excluding hydrogens is 232 g/mol. The Bertz CT molecular complexity index is 554. The maximum Gasteiger partial charge on any atom is 0.127 e. The van der Waals surface area contributed by atoms with Crippen molar-refractivity contribution in [1.82, 2.24) is 0 Å². The highest BCUT2D eigenvalue weighted by Gasteiger charge is 2.04. The number of hydrogen-bond acceptors (Lipinski definition) is 1. The van der Waals surface area contributed by atoms with Gasteiger partial charge >= 0.3 is 0 Å². The zero-order chi connectivity index (χ0) is 12.3. The molecule has 17 heavy (non-hydrogen) atoms. The molecule has 0 aliphatic carbocycles. The molecule has 2 rings (SSSR count). The van der Waals surface area contributed by atoms with Crippen molar-refractivity contribution >= 4 is 22.4 Å². The first-order chi connectivity index (χ1) is 8.18. The topological polar surface area (TPSA) is 9.23 Å². The maximum atomic E-state index is 6.15. The van der Waals surface area contributed by atoms with E-state index in [4.69, 9.17) is 16.3 Å². The monoisotopic (exact) mass is 246 g/mol. The van der Waals surface area contributed by atoms with Crippen molar-refractivity contribution in [3.8, 4) is 5.75 Å². The number of benzene rings is 2. The van der Waals surface area contributed by atoms with Gasteiger partial charge in [-0.05, 0) is 32.1 Å². The molecule has 2 heteroatoms. The van der Waals surface area contributed by atoms with E-state index in [1.807, 2.05) is 36.4 Å². The van der Waals surface area contributed by atoms with Crippen LogP contribution in [-0.2, 0) is 0 Å². The molecule has 0 radical (unpaired) electrons. The number of halogens is 1. The molecule has 0 aliphatic rings. The van der Waals surface area contributed by atoms with Crippen LogP contribution >= 0.6 is 11.6 Å². The van der Waals surface area contributed by atoms with Crippen molar-refractivity contribution in [1.29, 1.82) is 0 Å². The fourth-order valence-corrected chi connectivity index (χ4v) is 1.89. The van der Waals surface area contributed by atoms with E-state index in [1.165, 1.54) is 5.57 Å². The third-order valence-corrected chi connectivity index (χ3v) is 2.89. The van der Waals surface area contributed by atoms with Crippen LogP contribution in [0.25, 0.3) is 10.8 Å². The van der Waals surface area contributed by atoms with Gasteiger partial charge in [0, 0.05) is 15.8 Å². The van der Waals surface area contributed by atoms with E-state index in [0.29, 0.717) is 6.61 Å². The molecule has 2 aromatic rings. The van der Waals surface area contributed by atoms with Crippen molar-refractivity contribution < 1.29 is 4.74 Å². The summed E-state index contributed by atoms with van der Waals surface area (Å²) in [7, 11) is 0. The minimum Gasteiger partial charge on any atom is -0.489 e. The van der Waals surface area contributed by atoms with Crippen molar-refractivity contribution in [3.05, 3.63) is 53.1 Å². The van der Waals surface area contributed by atoms with Crippen molar-refractivity contribution in [2.75, 3.05) is 6.61 Å². The Morgan fingerprint density at radius 2 is 1.82 bits per heavy atom. The van der Waals surface area contributed by atoms with Crippen LogP contribution in [0.2, 0.25) is 5.02 Å². The van der Waals surface area contributed by atoms with Crippen LogP contribution in [0, 0.1) is 0 Å².